The molecule has 1 aliphatic heterocycles. The first-order valence-electron chi connectivity index (χ1n) is 6.27. The van der Waals surface area contributed by atoms with Crippen LogP contribution in [0.1, 0.15) is 37.0 Å². The Morgan fingerprint density at radius 3 is 2.95 bits per heavy atom. The molecule has 0 amide bonds. The third kappa shape index (κ3) is 3.61. The molecular formula is C14H18ClNO3. The van der Waals surface area contributed by atoms with Crippen LogP contribution in [0.4, 0.5) is 5.69 Å². The van der Waals surface area contributed by atoms with Crippen molar-refractivity contribution in [3.63, 3.8) is 0 Å². The van der Waals surface area contributed by atoms with E-state index in [0.717, 1.165) is 12.8 Å². The Hall–Kier alpha value is -1.26. The van der Waals surface area contributed by atoms with Crippen LogP contribution in [0.15, 0.2) is 18.2 Å². The molecule has 1 atom stereocenters. The van der Waals surface area contributed by atoms with Crippen molar-refractivity contribution >= 4 is 23.3 Å². The molecule has 1 aromatic carbocycles. The normalized spacial score (nSPS) is 21.3. The Morgan fingerprint density at radius 1 is 1.58 bits per heavy atom. The predicted octanol–water partition coefficient (Wildman–Crippen LogP) is 3.04. The summed E-state index contributed by atoms with van der Waals surface area (Å²) in [6.07, 6.45) is 1.82. The van der Waals surface area contributed by atoms with Crippen LogP contribution in [0.3, 0.4) is 0 Å². The maximum absolute atomic E-state index is 11.9. The molecule has 1 fully saturated rings. The first kappa shape index (κ1) is 14.2. The predicted molar refractivity (Wildman–Crippen MR) is 74.3 cm³/mol. The standard InChI is InChI=1S/C14H18ClNO3/c1-14(2)6-5-10(19-14)8-18-13(17)11-7-9(16)3-4-12(11)15/h3-4,7,10H,5-6,8,16H2,1-2H3. The highest BCUT2D eigenvalue weighted by Crippen LogP contribution is 2.29. The topological polar surface area (TPSA) is 61.5 Å². The summed E-state index contributed by atoms with van der Waals surface area (Å²) in [5.74, 6) is -0.467. The highest BCUT2D eigenvalue weighted by atomic mass is 35.5. The molecule has 0 aliphatic carbocycles. The lowest BCUT2D eigenvalue weighted by Gasteiger charge is -2.19. The summed E-state index contributed by atoms with van der Waals surface area (Å²) in [5.41, 5.74) is 6.27. The molecule has 0 radical (unpaired) electrons. The van der Waals surface area contributed by atoms with Gasteiger partial charge < -0.3 is 15.2 Å². The minimum Gasteiger partial charge on any atom is -0.459 e. The second kappa shape index (κ2) is 5.39. The molecule has 0 spiro atoms. The van der Waals surface area contributed by atoms with Crippen molar-refractivity contribution in [2.24, 2.45) is 0 Å². The molecule has 0 bridgehead atoms. The second-order valence-electron chi connectivity index (χ2n) is 5.38. The molecule has 1 aliphatic rings. The number of hydrogen-bond acceptors (Lipinski definition) is 4. The number of carbonyl (C=O) groups excluding carboxylic acids is 1. The van der Waals surface area contributed by atoms with Gasteiger partial charge in [0.1, 0.15) is 6.61 Å². The van der Waals surface area contributed by atoms with E-state index in [1.807, 2.05) is 13.8 Å². The molecule has 4 nitrogen and oxygen atoms in total. The molecule has 2 N–H and O–H groups in total. The Bertz CT molecular complexity index is 488. The van der Waals surface area contributed by atoms with Gasteiger partial charge in [0.2, 0.25) is 0 Å². The average molecular weight is 284 g/mol. The molecule has 5 heteroatoms. The van der Waals surface area contributed by atoms with Gasteiger partial charge in [-0.2, -0.15) is 0 Å². The van der Waals surface area contributed by atoms with Crippen LogP contribution in [0.2, 0.25) is 5.02 Å². The van der Waals surface area contributed by atoms with Crippen LogP contribution in [-0.2, 0) is 9.47 Å². The van der Waals surface area contributed by atoms with Crippen LogP contribution < -0.4 is 5.73 Å². The number of rotatable bonds is 3. The van der Waals surface area contributed by atoms with Gasteiger partial charge in [0.25, 0.3) is 0 Å². The number of ether oxygens (including phenoxy) is 2. The van der Waals surface area contributed by atoms with Crippen molar-refractivity contribution in [1.29, 1.82) is 0 Å². The van der Waals surface area contributed by atoms with E-state index in [4.69, 9.17) is 26.8 Å². The summed E-state index contributed by atoms with van der Waals surface area (Å²) in [6.45, 7) is 4.31. The molecule has 19 heavy (non-hydrogen) atoms. The number of halogens is 1. The van der Waals surface area contributed by atoms with Crippen molar-refractivity contribution in [3.05, 3.63) is 28.8 Å². The summed E-state index contributed by atoms with van der Waals surface area (Å²) in [5, 5.41) is 0.340. The Labute approximate surface area is 117 Å². The van der Waals surface area contributed by atoms with E-state index >= 15 is 0 Å². The number of nitrogens with two attached hydrogens (primary N) is 1. The molecule has 1 aromatic rings. The van der Waals surface area contributed by atoms with E-state index in [0.29, 0.717) is 16.3 Å². The molecule has 0 aromatic heterocycles. The van der Waals surface area contributed by atoms with Crippen LogP contribution >= 0.6 is 11.6 Å². The quantitative estimate of drug-likeness (QED) is 0.684. The largest absolute Gasteiger partial charge is 0.459 e. The molecule has 1 heterocycles. The fourth-order valence-corrected chi connectivity index (χ4v) is 2.34. The summed E-state index contributed by atoms with van der Waals surface area (Å²) in [4.78, 5) is 11.9. The minimum atomic E-state index is -0.467. The Balaban J connectivity index is 1.93. The van der Waals surface area contributed by atoms with Gasteiger partial charge in [0.05, 0.1) is 22.3 Å². The van der Waals surface area contributed by atoms with E-state index < -0.39 is 5.97 Å². The molecule has 1 saturated heterocycles. The van der Waals surface area contributed by atoms with E-state index in [1.54, 1.807) is 12.1 Å². The highest BCUT2D eigenvalue weighted by Gasteiger charge is 2.32. The van der Waals surface area contributed by atoms with Gasteiger partial charge in [-0.1, -0.05) is 11.6 Å². The molecule has 2 rings (SSSR count). The zero-order valence-electron chi connectivity index (χ0n) is 11.1. The molecule has 104 valence electrons. The second-order valence-corrected chi connectivity index (χ2v) is 5.78. The fourth-order valence-electron chi connectivity index (χ4n) is 2.14. The first-order chi connectivity index (χ1) is 8.87. The van der Waals surface area contributed by atoms with Crippen molar-refractivity contribution in [1.82, 2.24) is 0 Å². The first-order valence-corrected chi connectivity index (χ1v) is 6.65. The number of benzene rings is 1. The molecular weight excluding hydrogens is 266 g/mol. The van der Waals surface area contributed by atoms with E-state index in [-0.39, 0.29) is 18.3 Å². The maximum atomic E-state index is 11.9. The van der Waals surface area contributed by atoms with Crippen molar-refractivity contribution in [3.8, 4) is 0 Å². The number of anilines is 1. The molecule has 1 unspecified atom stereocenters. The van der Waals surface area contributed by atoms with Gasteiger partial charge in [0.15, 0.2) is 0 Å². The summed E-state index contributed by atoms with van der Waals surface area (Å²) in [7, 11) is 0. The number of esters is 1. The third-order valence-corrected chi connectivity index (χ3v) is 3.49. The van der Waals surface area contributed by atoms with Crippen LogP contribution in [0.5, 0.6) is 0 Å². The minimum absolute atomic E-state index is 0.0428. The zero-order valence-corrected chi connectivity index (χ0v) is 11.9. The lowest BCUT2D eigenvalue weighted by Crippen LogP contribution is -2.24. The van der Waals surface area contributed by atoms with Crippen LogP contribution in [-0.4, -0.2) is 24.3 Å². The number of nitrogen functional groups attached to an aromatic ring is 1. The zero-order chi connectivity index (χ0) is 14.0. The van der Waals surface area contributed by atoms with Crippen molar-refractivity contribution < 1.29 is 14.3 Å². The van der Waals surface area contributed by atoms with E-state index in [9.17, 15) is 4.79 Å². The van der Waals surface area contributed by atoms with E-state index in [1.165, 1.54) is 6.07 Å². The summed E-state index contributed by atoms with van der Waals surface area (Å²) in [6, 6.07) is 4.74. The van der Waals surface area contributed by atoms with Gasteiger partial charge in [-0.25, -0.2) is 4.79 Å². The Morgan fingerprint density at radius 2 is 2.32 bits per heavy atom. The average Bonchev–Trinajstić information content (AvgIpc) is 2.69. The van der Waals surface area contributed by atoms with Gasteiger partial charge in [-0.3, -0.25) is 0 Å². The monoisotopic (exact) mass is 283 g/mol. The maximum Gasteiger partial charge on any atom is 0.339 e. The molecule has 0 saturated carbocycles. The summed E-state index contributed by atoms with van der Waals surface area (Å²) >= 11 is 5.94. The summed E-state index contributed by atoms with van der Waals surface area (Å²) < 4.78 is 11.0. The fraction of sp³-hybridized carbons (Fsp3) is 0.500. The van der Waals surface area contributed by atoms with Crippen molar-refractivity contribution in [2.45, 2.75) is 38.4 Å². The third-order valence-electron chi connectivity index (χ3n) is 3.16. The SMILES string of the molecule is CC1(C)CCC(COC(=O)c2cc(N)ccc2Cl)O1. The van der Waals surface area contributed by atoms with Crippen LogP contribution in [0, 0.1) is 0 Å². The lowest BCUT2D eigenvalue weighted by atomic mass is 10.1. The van der Waals surface area contributed by atoms with Gasteiger partial charge in [-0.15, -0.1) is 0 Å². The van der Waals surface area contributed by atoms with E-state index in [2.05, 4.69) is 0 Å². The van der Waals surface area contributed by atoms with Crippen LogP contribution in [0.25, 0.3) is 0 Å². The smallest absolute Gasteiger partial charge is 0.339 e. The Kier molecular flexibility index (Phi) is 4.02. The van der Waals surface area contributed by atoms with Gasteiger partial charge in [0, 0.05) is 5.69 Å². The lowest BCUT2D eigenvalue weighted by molar-refractivity contribution is -0.0444. The highest BCUT2D eigenvalue weighted by molar-refractivity contribution is 6.33. The van der Waals surface area contributed by atoms with Gasteiger partial charge in [-0.05, 0) is 44.9 Å². The number of carbonyl (C=O) groups is 1. The van der Waals surface area contributed by atoms with Gasteiger partial charge >= 0.3 is 5.97 Å². The van der Waals surface area contributed by atoms with Crippen molar-refractivity contribution in [2.75, 3.05) is 12.3 Å². The number of hydrogen-bond donors (Lipinski definition) is 1.